The lowest BCUT2D eigenvalue weighted by Gasteiger charge is -2.27. The molecule has 1 aromatic heterocycles. The Bertz CT molecular complexity index is 383. The Kier molecular flexibility index (Phi) is 3.97. The number of ketones is 1. The quantitative estimate of drug-likeness (QED) is 0.803. The van der Waals surface area contributed by atoms with Gasteiger partial charge in [-0.3, -0.25) is 9.48 Å². The van der Waals surface area contributed by atoms with Crippen molar-refractivity contribution in [2.24, 2.45) is 18.9 Å². The van der Waals surface area contributed by atoms with E-state index in [4.69, 9.17) is 0 Å². The Balaban J connectivity index is 1.96. The third kappa shape index (κ3) is 3.18. The second-order valence-electron chi connectivity index (χ2n) is 5.28. The van der Waals surface area contributed by atoms with E-state index in [1.807, 2.05) is 24.0 Å². The van der Waals surface area contributed by atoms with E-state index in [1.165, 1.54) is 12.8 Å². The molecular weight excluding hydrogens is 212 g/mol. The van der Waals surface area contributed by atoms with E-state index in [2.05, 4.69) is 12.0 Å². The zero-order chi connectivity index (χ0) is 12.3. The summed E-state index contributed by atoms with van der Waals surface area (Å²) in [6, 6.07) is 2.02. The molecule has 2 unspecified atom stereocenters. The topological polar surface area (TPSA) is 34.9 Å². The lowest BCUT2D eigenvalue weighted by atomic mass is 9.77. The zero-order valence-electron chi connectivity index (χ0n) is 10.9. The molecule has 1 aliphatic carbocycles. The van der Waals surface area contributed by atoms with Crippen LogP contribution in [0.4, 0.5) is 0 Å². The predicted molar refractivity (Wildman–Crippen MR) is 67.7 cm³/mol. The molecule has 0 amide bonds. The van der Waals surface area contributed by atoms with Crippen molar-refractivity contribution in [1.29, 1.82) is 0 Å². The molecule has 0 aliphatic heterocycles. The van der Waals surface area contributed by atoms with E-state index in [0.717, 1.165) is 37.3 Å². The summed E-state index contributed by atoms with van der Waals surface area (Å²) in [4.78, 5) is 11.9. The summed E-state index contributed by atoms with van der Waals surface area (Å²) in [5, 5.41) is 4.37. The number of Topliss-reactive ketones (excluding diaryl/α,β-unsaturated/α-hetero) is 1. The minimum atomic E-state index is 0.218. The van der Waals surface area contributed by atoms with Crippen molar-refractivity contribution >= 4 is 5.78 Å². The van der Waals surface area contributed by atoms with E-state index >= 15 is 0 Å². The van der Waals surface area contributed by atoms with Crippen LogP contribution in [-0.4, -0.2) is 15.6 Å². The van der Waals surface area contributed by atoms with E-state index in [9.17, 15) is 4.79 Å². The van der Waals surface area contributed by atoms with Crippen molar-refractivity contribution in [1.82, 2.24) is 9.78 Å². The number of carbonyl (C=O) groups is 1. The number of carbonyl (C=O) groups excluding carboxylic acids is 1. The molecule has 0 radical (unpaired) electrons. The fourth-order valence-electron chi connectivity index (χ4n) is 2.89. The van der Waals surface area contributed by atoms with Gasteiger partial charge in [-0.1, -0.05) is 19.8 Å². The van der Waals surface area contributed by atoms with Gasteiger partial charge in [-0.25, -0.2) is 0 Å². The maximum Gasteiger partial charge on any atom is 0.136 e. The van der Waals surface area contributed by atoms with Gasteiger partial charge in [0.15, 0.2) is 0 Å². The first-order valence-corrected chi connectivity index (χ1v) is 6.70. The highest BCUT2D eigenvalue weighted by Gasteiger charge is 2.28. The first-order chi connectivity index (χ1) is 8.19. The highest BCUT2D eigenvalue weighted by atomic mass is 16.1. The van der Waals surface area contributed by atoms with Crippen molar-refractivity contribution in [3.8, 4) is 0 Å². The number of nitrogens with zero attached hydrogens (tertiary/aromatic N) is 2. The van der Waals surface area contributed by atoms with E-state index in [0.29, 0.717) is 5.78 Å². The molecule has 94 valence electrons. The predicted octanol–water partition coefficient (Wildman–Crippen LogP) is 2.75. The second-order valence-corrected chi connectivity index (χ2v) is 5.28. The van der Waals surface area contributed by atoms with Gasteiger partial charge in [-0.15, -0.1) is 0 Å². The summed E-state index contributed by atoms with van der Waals surface area (Å²) in [6.07, 6.45) is 8.24. The molecule has 1 fully saturated rings. The summed E-state index contributed by atoms with van der Waals surface area (Å²) in [7, 11) is 1.92. The van der Waals surface area contributed by atoms with Gasteiger partial charge in [-0.2, -0.15) is 5.10 Å². The first kappa shape index (κ1) is 12.3. The van der Waals surface area contributed by atoms with Gasteiger partial charge in [0.2, 0.25) is 0 Å². The number of hydrogen-bond acceptors (Lipinski definition) is 2. The normalized spacial score (nSPS) is 25.2. The molecule has 17 heavy (non-hydrogen) atoms. The van der Waals surface area contributed by atoms with Gasteiger partial charge in [-0.05, 0) is 24.8 Å². The molecular formula is C14H22N2O. The Morgan fingerprint density at radius 3 is 3.00 bits per heavy atom. The summed E-state index contributed by atoms with van der Waals surface area (Å²) in [5.41, 5.74) is 1.06. The van der Waals surface area contributed by atoms with Gasteiger partial charge in [0.05, 0.1) is 5.69 Å². The second kappa shape index (κ2) is 5.48. The number of rotatable bonds is 4. The summed E-state index contributed by atoms with van der Waals surface area (Å²) < 4.78 is 1.81. The Morgan fingerprint density at radius 2 is 2.35 bits per heavy atom. The van der Waals surface area contributed by atoms with E-state index in [1.54, 1.807) is 0 Å². The van der Waals surface area contributed by atoms with Crippen molar-refractivity contribution in [3.05, 3.63) is 18.0 Å². The molecule has 1 aliphatic rings. The van der Waals surface area contributed by atoms with Crippen LogP contribution in [0.15, 0.2) is 12.3 Å². The maximum absolute atomic E-state index is 11.9. The SMILES string of the molecule is CCCC1CCC(=O)C(Cc2ccn(C)n2)C1. The largest absolute Gasteiger partial charge is 0.299 e. The number of aromatic nitrogens is 2. The molecule has 0 spiro atoms. The van der Waals surface area contributed by atoms with Crippen molar-refractivity contribution in [2.45, 2.75) is 45.4 Å². The summed E-state index contributed by atoms with van der Waals surface area (Å²) >= 11 is 0. The van der Waals surface area contributed by atoms with Gasteiger partial charge in [0, 0.05) is 32.0 Å². The smallest absolute Gasteiger partial charge is 0.136 e. The minimum absolute atomic E-state index is 0.218. The molecule has 0 bridgehead atoms. The standard InChI is InChI=1S/C14H22N2O/c1-3-4-11-5-6-14(17)12(9-11)10-13-7-8-16(2)15-13/h7-8,11-12H,3-6,9-10H2,1-2H3. The summed E-state index contributed by atoms with van der Waals surface area (Å²) in [6.45, 7) is 2.23. The van der Waals surface area contributed by atoms with E-state index in [-0.39, 0.29) is 5.92 Å². The zero-order valence-corrected chi connectivity index (χ0v) is 10.9. The first-order valence-electron chi connectivity index (χ1n) is 6.70. The average molecular weight is 234 g/mol. The minimum Gasteiger partial charge on any atom is -0.299 e. The third-order valence-electron chi connectivity index (χ3n) is 3.79. The van der Waals surface area contributed by atoms with Crippen LogP contribution in [-0.2, 0) is 18.3 Å². The number of hydrogen-bond donors (Lipinski definition) is 0. The number of aryl methyl sites for hydroxylation is 1. The van der Waals surface area contributed by atoms with E-state index < -0.39 is 0 Å². The van der Waals surface area contributed by atoms with Crippen LogP contribution >= 0.6 is 0 Å². The Hall–Kier alpha value is -1.12. The van der Waals surface area contributed by atoms with Crippen molar-refractivity contribution in [3.63, 3.8) is 0 Å². The molecule has 3 heteroatoms. The van der Waals surface area contributed by atoms with Crippen LogP contribution in [0.5, 0.6) is 0 Å². The maximum atomic E-state index is 11.9. The Labute approximate surface area is 103 Å². The highest BCUT2D eigenvalue weighted by Crippen LogP contribution is 2.31. The molecule has 2 atom stereocenters. The van der Waals surface area contributed by atoms with Crippen molar-refractivity contribution in [2.75, 3.05) is 0 Å². The molecule has 3 nitrogen and oxygen atoms in total. The summed E-state index contributed by atoms with van der Waals surface area (Å²) in [5.74, 6) is 1.42. The monoisotopic (exact) mass is 234 g/mol. The van der Waals surface area contributed by atoms with Crippen LogP contribution in [0.1, 0.15) is 44.7 Å². The third-order valence-corrected chi connectivity index (χ3v) is 3.79. The molecule has 1 aromatic rings. The van der Waals surface area contributed by atoms with Crippen LogP contribution in [0, 0.1) is 11.8 Å². The van der Waals surface area contributed by atoms with Crippen molar-refractivity contribution < 1.29 is 4.79 Å². The lowest BCUT2D eigenvalue weighted by molar-refractivity contribution is -0.125. The van der Waals surface area contributed by atoms with Crippen LogP contribution in [0.2, 0.25) is 0 Å². The fraction of sp³-hybridized carbons (Fsp3) is 0.714. The van der Waals surface area contributed by atoms with Crippen LogP contribution in [0.3, 0.4) is 0 Å². The molecule has 0 saturated heterocycles. The van der Waals surface area contributed by atoms with Gasteiger partial charge in [0.25, 0.3) is 0 Å². The van der Waals surface area contributed by atoms with Crippen LogP contribution < -0.4 is 0 Å². The molecule has 2 rings (SSSR count). The average Bonchev–Trinajstić information content (AvgIpc) is 2.69. The molecule has 1 heterocycles. The van der Waals surface area contributed by atoms with Gasteiger partial charge >= 0.3 is 0 Å². The molecule has 1 saturated carbocycles. The van der Waals surface area contributed by atoms with Gasteiger partial charge in [0.1, 0.15) is 5.78 Å². The fourth-order valence-corrected chi connectivity index (χ4v) is 2.89. The van der Waals surface area contributed by atoms with Gasteiger partial charge < -0.3 is 0 Å². The van der Waals surface area contributed by atoms with Crippen LogP contribution in [0.25, 0.3) is 0 Å². The Morgan fingerprint density at radius 1 is 1.53 bits per heavy atom. The lowest BCUT2D eigenvalue weighted by Crippen LogP contribution is -2.26. The molecule has 0 aromatic carbocycles. The highest BCUT2D eigenvalue weighted by molar-refractivity contribution is 5.81. The molecule has 0 N–H and O–H groups in total.